The van der Waals surface area contributed by atoms with Crippen LogP contribution in [0.5, 0.6) is 0 Å². The maximum absolute atomic E-state index is 10.3. The molecule has 60 valence electrons. The van der Waals surface area contributed by atoms with E-state index in [9.17, 15) is 4.79 Å². The highest BCUT2D eigenvalue weighted by Gasteiger charge is 2.15. The molecule has 0 heterocycles. The van der Waals surface area contributed by atoms with Crippen LogP contribution in [0.2, 0.25) is 0 Å². The fourth-order valence-corrected chi connectivity index (χ4v) is 0.682. The van der Waals surface area contributed by atoms with E-state index in [-0.39, 0.29) is 12.6 Å². The number of aliphatic hydroxyl groups is 1. The monoisotopic (exact) mass is 147 g/mol. The second-order valence-corrected chi connectivity index (χ2v) is 2.14. The van der Waals surface area contributed by atoms with E-state index in [4.69, 9.17) is 10.2 Å². The maximum Gasteiger partial charge on any atom is 0.407 e. The molecule has 0 aromatic rings. The summed E-state index contributed by atoms with van der Waals surface area (Å²) in [7, 11) is 1.45. The molecule has 0 aliphatic heterocycles. The molecular formula is C6H13NO3. The van der Waals surface area contributed by atoms with E-state index in [1.165, 1.54) is 7.05 Å². The van der Waals surface area contributed by atoms with E-state index in [0.29, 0.717) is 6.42 Å². The molecule has 1 unspecified atom stereocenters. The van der Waals surface area contributed by atoms with Crippen molar-refractivity contribution in [1.29, 1.82) is 0 Å². The quantitative estimate of drug-likeness (QED) is 0.606. The van der Waals surface area contributed by atoms with E-state index in [2.05, 4.69) is 0 Å². The third-order valence-electron chi connectivity index (χ3n) is 1.53. The summed E-state index contributed by atoms with van der Waals surface area (Å²) in [6.45, 7) is 1.72. The minimum absolute atomic E-state index is 0.112. The molecule has 1 amide bonds. The van der Waals surface area contributed by atoms with Crippen LogP contribution in [-0.4, -0.2) is 40.9 Å². The molecule has 0 aromatic heterocycles. The summed E-state index contributed by atoms with van der Waals surface area (Å²) in [6, 6.07) is -0.266. The summed E-state index contributed by atoms with van der Waals surface area (Å²) in [5.41, 5.74) is 0. The lowest BCUT2D eigenvalue weighted by Crippen LogP contribution is -2.37. The summed E-state index contributed by atoms with van der Waals surface area (Å²) in [4.78, 5) is 11.4. The Bertz CT molecular complexity index is 112. The number of hydrogen-bond acceptors (Lipinski definition) is 2. The fourth-order valence-electron chi connectivity index (χ4n) is 0.682. The molecule has 0 spiro atoms. The zero-order valence-electron chi connectivity index (χ0n) is 6.24. The third kappa shape index (κ3) is 2.23. The lowest BCUT2D eigenvalue weighted by molar-refractivity contribution is 0.111. The van der Waals surface area contributed by atoms with Gasteiger partial charge in [0.25, 0.3) is 0 Å². The van der Waals surface area contributed by atoms with Gasteiger partial charge in [-0.1, -0.05) is 6.92 Å². The molecule has 1 atom stereocenters. The van der Waals surface area contributed by atoms with Crippen LogP contribution in [0.4, 0.5) is 4.79 Å². The molecular weight excluding hydrogens is 134 g/mol. The molecule has 10 heavy (non-hydrogen) atoms. The Labute approximate surface area is 60.1 Å². The number of aliphatic hydroxyl groups excluding tert-OH is 1. The summed E-state index contributed by atoms with van der Waals surface area (Å²) in [5.74, 6) is 0. The largest absolute Gasteiger partial charge is 0.465 e. The average molecular weight is 147 g/mol. The van der Waals surface area contributed by atoms with Gasteiger partial charge in [0, 0.05) is 7.05 Å². The van der Waals surface area contributed by atoms with Gasteiger partial charge in [0.1, 0.15) is 0 Å². The highest BCUT2D eigenvalue weighted by Crippen LogP contribution is 1.99. The predicted molar refractivity (Wildman–Crippen MR) is 37.0 cm³/mol. The van der Waals surface area contributed by atoms with Crippen LogP contribution in [0.1, 0.15) is 13.3 Å². The number of hydrogen-bond donors (Lipinski definition) is 2. The Hall–Kier alpha value is -0.770. The van der Waals surface area contributed by atoms with Gasteiger partial charge >= 0.3 is 6.09 Å². The fraction of sp³-hybridized carbons (Fsp3) is 0.833. The number of carboxylic acid groups (broad SMARTS) is 1. The molecule has 0 rings (SSSR count). The van der Waals surface area contributed by atoms with Crippen LogP contribution >= 0.6 is 0 Å². The van der Waals surface area contributed by atoms with E-state index in [0.717, 1.165) is 4.90 Å². The van der Waals surface area contributed by atoms with E-state index in [1.54, 1.807) is 0 Å². The van der Waals surface area contributed by atoms with Gasteiger partial charge < -0.3 is 15.1 Å². The molecule has 0 bridgehead atoms. The van der Waals surface area contributed by atoms with Crippen LogP contribution in [-0.2, 0) is 0 Å². The van der Waals surface area contributed by atoms with Gasteiger partial charge in [-0.05, 0) is 6.42 Å². The maximum atomic E-state index is 10.3. The number of amides is 1. The highest BCUT2D eigenvalue weighted by atomic mass is 16.4. The Morgan fingerprint density at radius 3 is 2.30 bits per heavy atom. The molecule has 0 aliphatic rings. The van der Waals surface area contributed by atoms with Gasteiger partial charge in [-0.3, -0.25) is 0 Å². The van der Waals surface area contributed by atoms with Gasteiger partial charge in [0.05, 0.1) is 12.6 Å². The first-order valence-corrected chi connectivity index (χ1v) is 3.20. The summed E-state index contributed by atoms with van der Waals surface area (Å²) in [6.07, 6.45) is -0.361. The van der Waals surface area contributed by atoms with Crippen LogP contribution < -0.4 is 0 Å². The second kappa shape index (κ2) is 4.11. The van der Waals surface area contributed by atoms with Crippen LogP contribution in [0.3, 0.4) is 0 Å². The number of likely N-dealkylation sites (N-methyl/N-ethyl adjacent to an activating group) is 1. The molecule has 0 saturated carbocycles. The number of rotatable bonds is 3. The Kier molecular flexibility index (Phi) is 3.79. The molecule has 0 radical (unpaired) electrons. The molecule has 0 fully saturated rings. The van der Waals surface area contributed by atoms with Gasteiger partial charge in [-0.25, -0.2) is 4.79 Å². The van der Waals surface area contributed by atoms with E-state index >= 15 is 0 Å². The first-order valence-electron chi connectivity index (χ1n) is 3.20. The predicted octanol–water partition coefficient (Wildman–Crippen LogP) is 0.367. The Morgan fingerprint density at radius 2 is 2.20 bits per heavy atom. The van der Waals surface area contributed by atoms with Crippen LogP contribution in [0.25, 0.3) is 0 Å². The van der Waals surface area contributed by atoms with Crippen molar-refractivity contribution in [2.75, 3.05) is 13.7 Å². The first-order chi connectivity index (χ1) is 4.63. The minimum atomic E-state index is -0.999. The summed E-state index contributed by atoms with van der Waals surface area (Å²) < 4.78 is 0. The highest BCUT2D eigenvalue weighted by molar-refractivity contribution is 5.64. The zero-order chi connectivity index (χ0) is 8.15. The van der Waals surface area contributed by atoms with Gasteiger partial charge in [0.2, 0.25) is 0 Å². The van der Waals surface area contributed by atoms with Crippen molar-refractivity contribution in [3.63, 3.8) is 0 Å². The van der Waals surface area contributed by atoms with Crippen LogP contribution in [0, 0.1) is 0 Å². The molecule has 0 aromatic carbocycles. The molecule has 4 nitrogen and oxygen atoms in total. The summed E-state index contributed by atoms with van der Waals surface area (Å²) in [5, 5.41) is 17.1. The first kappa shape index (κ1) is 9.23. The lowest BCUT2D eigenvalue weighted by atomic mass is 10.2. The van der Waals surface area contributed by atoms with E-state index in [1.807, 2.05) is 6.92 Å². The second-order valence-electron chi connectivity index (χ2n) is 2.14. The Morgan fingerprint density at radius 1 is 1.70 bits per heavy atom. The van der Waals surface area contributed by atoms with Crippen molar-refractivity contribution in [3.8, 4) is 0 Å². The third-order valence-corrected chi connectivity index (χ3v) is 1.53. The van der Waals surface area contributed by atoms with Gasteiger partial charge in [-0.2, -0.15) is 0 Å². The van der Waals surface area contributed by atoms with Gasteiger partial charge in [-0.15, -0.1) is 0 Å². The number of carbonyl (C=O) groups is 1. The normalized spacial score (nSPS) is 12.7. The standard InChI is InChI=1S/C6H13NO3/c1-3-5(4-8)7(2)6(9)10/h5,8H,3-4H2,1-2H3,(H,9,10). The smallest absolute Gasteiger partial charge is 0.407 e. The molecule has 2 N–H and O–H groups in total. The van der Waals surface area contributed by atoms with Gasteiger partial charge in [0.15, 0.2) is 0 Å². The van der Waals surface area contributed by atoms with Crippen LogP contribution in [0.15, 0.2) is 0 Å². The SMILES string of the molecule is CCC(CO)N(C)C(=O)O. The topological polar surface area (TPSA) is 60.8 Å². The lowest BCUT2D eigenvalue weighted by Gasteiger charge is -2.21. The molecule has 0 aliphatic carbocycles. The van der Waals surface area contributed by atoms with E-state index < -0.39 is 6.09 Å². The Balaban J connectivity index is 3.88. The van der Waals surface area contributed by atoms with Crippen molar-refractivity contribution in [2.45, 2.75) is 19.4 Å². The molecule has 0 saturated heterocycles. The van der Waals surface area contributed by atoms with Crippen molar-refractivity contribution in [3.05, 3.63) is 0 Å². The van der Waals surface area contributed by atoms with Crippen molar-refractivity contribution in [2.24, 2.45) is 0 Å². The van der Waals surface area contributed by atoms with Crippen molar-refractivity contribution >= 4 is 6.09 Å². The summed E-state index contributed by atoms with van der Waals surface area (Å²) >= 11 is 0. The van der Waals surface area contributed by atoms with Crippen molar-refractivity contribution < 1.29 is 15.0 Å². The number of nitrogens with zero attached hydrogens (tertiary/aromatic N) is 1. The average Bonchev–Trinajstić information content (AvgIpc) is 1.90. The molecule has 4 heteroatoms. The zero-order valence-corrected chi connectivity index (χ0v) is 6.24. The van der Waals surface area contributed by atoms with Crippen molar-refractivity contribution in [1.82, 2.24) is 4.90 Å². The minimum Gasteiger partial charge on any atom is -0.465 e.